The van der Waals surface area contributed by atoms with E-state index in [0.717, 1.165) is 5.56 Å². The van der Waals surface area contributed by atoms with Gasteiger partial charge in [0.05, 0.1) is 0 Å². The first-order chi connectivity index (χ1) is 9.06. The van der Waals surface area contributed by atoms with Crippen LogP contribution in [0.15, 0.2) is 47.1 Å². The molecule has 1 heterocycles. The topological polar surface area (TPSA) is 33.2 Å². The van der Waals surface area contributed by atoms with Gasteiger partial charge in [0.1, 0.15) is 10.3 Å². The Kier molecular flexibility index (Phi) is 4.32. The Morgan fingerprint density at radius 3 is 2.53 bits per heavy atom. The number of hydrogen-bond acceptors (Lipinski definition) is 2. The fourth-order valence-electron chi connectivity index (χ4n) is 1.76. The first kappa shape index (κ1) is 13.7. The maximum Gasteiger partial charge on any atom is 0.272 e. The molecule has 1 aromatic carbocycles. The van der Waals surface area contributed by atoms with E-state index in [0.29, 0.717) is 16.8 Å². The highest BCUT2D eigenvalue weighted by atomic mass is 79.9. The van der Waals surface area contributed by atoms with Crippen LogP contribution in [0.4, 0.5) is 0 Å². The summed E-state index contributed by atoms with van der Waals surface area (Å²) in [5.41, 5.74) is 2.77. The molecule has 98 valence electrons. The number of benzene rings is 1. The highest BCUT2D eigenvalue weighted by Crippen LogP contribution is 2.11. The number of halogens is 1. The number of carbonyl (C=O) groups excluding carboxylic acids is 1. The van der Waals surface area contributed by atoms with Gasteiger partial charge in [-0.1, -0.05) is 35.9 Å². The van der Waals surface area contributed by atoms with E-state index in [1.165, 1.54) is 5.56 Å². The molecule has 0 fully saturated rings. The zero-order valence-electron chi connectivity index (χ0n) is 10.9. The summed E-state index contributed by atoms with van der Waals surface area (Å²) in [5, 5.41) is 0. The Labute approximate surface area is 121 Å². The van der Waals surface area contributed by atoms with Crippen LogP contribution in [0, 0.1) is 6.92 Å². The molecule has 0 radical (unpaired) electrons. The Morgan fingerprint density at radius 2 is 1.89 bits per heavy atom. The van der Waals surface area contributed by atoms with Gasteiger partial charge in [-0.15, -0.1) is 0 Å². The van der Waals surface area contributed by atoms with Crippen molar-refractivity contribution in [2.24, 2.45) is 0 Å². The highest BCUT2D eigenvalue weighted by Gasteiger charge is 2.13. The molecule has 0 N–H and O–H groups in total. The maximum absolute atomic E-state index is 12.2. The fraction of sp³-hybridized carbons (Fsp3) is 0.200. The fourth-order valence-corrected chi connectivity index (χ4v) is 2.11. The number of hydrogen-bond donors (Lipinski definition) is 0. The molecule has 3 nitrogen and oxygen atoms in total. The van der Waals surface area contributed by atoms with Crippen LogP contribution in [0.2, 0.25) is 0 Å². The molecule has 1 aromatic heterocycles. The van der Waals surface area contributed by atoms with Crippen LogP contribution in [0.5, 0.6) is 0 Å². The van der Waals surface area contributed by atoms with Gasteiger partial charge in [0.15, 0.2) is 0 Å². The number of amides is 1. The summed E-state index contributed by atoms with van der Waals surface area (Å²) in [7, 11) is 1.78. The van der Waals surface area contributed by atoms with E-state index in [1.54, 1.807) is 24.1 Å². The number of carbonyl (C=O) groups is 1. The van der Waals surface area contributed by atoms with Gasteiger partial charge in [-0.2, -0.15) is 0 Å². The second-order valence-corrected chi connectivity index (χ2v) is 5.30. The van der Waals surface area contributed by atoms with Gasteiger partial charge in [0.25, 0.3) is 5.91 Å². The van der Waals surface area contributed by atoms with Crippen molar-refractivity contribution in [1.82, 2.24) is 9.88 Å². The van der Waals surface area contributed by atoms with Crippen molar-refractivity contribution in [3.05, 3.63) is 63.9 Å². The van der Waals surface area contributed by atoms with Crippen molar-refractivity contribution >= 4 is 21.8 Å². The molecule has 0 aliphatic carbocycles. The molecule has 19 heavy (non-hydrogen) atoms. The highest BCUT2D eigenvalue weighted by molar-refractivity contribution is 9.10. The second-order valence-electron chi connectivity index (χ2n) is 4.49. The Balaban J connectivity index is 2.09. The van der Waals surface area contributed by atoms with Crippen molar-refractivity contribution in [3.8, 4) is 0 Å². The Morgan fingerprint density at radius 1 is 1.21 bits per heavy atom. The third kappa shape index (κ3) is 3.64. The van der Waals surface area contributed by atoms with Crippen molar-refractivity contribution in [3.63, 3.8) is 0 Å². The van der Waals surface area contributed by atoms with E-state index < -0.39 is 0 Å². The number of pyridine rings is 1. The van der Waals surface area contributed by atoms with Gasteiger partial charge < -0.3 is 4.90 Å². The van der Waals surface area contributed by atoms with E-state index in [9.17, 15) is 4.79 Å². The standard InChI is InChI=1S/C15H15BrN2O/c1-11-6-8-12(9-7-11)10-18(2)15(19)13-4-3-5-14(16)17-13/h3-9H,10H2,1-2H3. The molecule has 2 rings (SSSR count). The molecule has 0 unspecified atom stereocenters. The van der Waals surface area contributed by atoms with Crippen molar-refractivity contribution in [1.29, 1.82) is 0 Å². The average Bonchev–Trinajstić information content (AvgIpc) is 2.40. The monoisotopic (exact) mass is 318 g/mol. The number of aromatic nitrogens is 1. The molecule has 0 aliphatic rings. The molecule has 0 atom stereocenters. The van der Waals surface area contributed by atoms with Gasteiger partial charge in [0, 0.05) is 13.6 Å². The van der Waals surface area contributed by atoms with E-state index >= 15 is 0 Å². The van der Waals surface area contributed by atoms with Crippen LogP contribution < -0.4 is 0 Å². The molecule has 1 amide bonds. The summed E-state index contributed by atoms with van der Waals surface area (Å²) in [5.74, 6) is -0.0816. The van der Waals surface area contributed by atoms with Crippen LogP contribution in [-0.4, -0.2) is 22.8 Å². The average molecular weight is 319 g/mol. The summed E-state index contributed by atoms with van der Waals surface area (Å²) >= 11 is 3.27. The van der Waals surface area contributed by atoms with E-state index in [-0.39, 0.29) is 5.91 Å². The maximum atomic E-state index is 12.2. The molecule has 0 saturated carbocycles. The zero-order valence-corrected chi connectivity index (χ0v) is 12.5. The third-order valence-corrected chi connectivity index (χ3v) is 3.26. The molecule has 2 aromatic rings. The molecule has 0 saturated heterocycles. The molecule has 0 spiro atoms. The lowest BCUT2D eigenvalue weighted by molar-refractivity contribution is 0.0779. The smallest absolute Gasteiger partial charge is 0.272 e. The van der Waals surface area contributed by atoms with Gasteiger partial charge in [-0.3, -0.25) is 4.79 Å². The van der Waals surface area contributed by atoms with Crippen LogP contribution in [0.3, 0.4) is 0 Å². The van der Waals surface area contributed by atoms with Crippen LogP contribution in [-0.2, 0) is 6.54 Å². The predicted octanol–water partition coefficient (Wildman–Crippen LogP) is 3.42. The summed E-state index contributed by atoms with van der Waals surface area (Å²) in [6.07, 6.45) is 0. The van der Waals surface area contributed by atoms with Crippen LogP contribution >= 0.6 is 15.9 Å². The summed E-state index contributed by atoms with van der Waals surface area (Å²) < 4.78 is 0.669. The second kappa shape index (κ2) is 5.97. The van der Waals surface area contributed by atoms with Gasteiger partial charge in [-0.25, -0.2) is 4.98 Å². The van der Waals surface area contributed by atoms with Gasteiger partial charge in [-0.05, 0) is 40.5 Å². The zero-order chi connectivity index (χ0) is 13.8. The van der Waals surface area contributed by atoms with E-state index in [1.807, 2.05) is 37.3 Å². The molecule has 0 bridgehead atoms. The SMILES string of the molecule is Cc1ccc(CN(C)C(=O)c2cccc(Br)n2)cc1. The van der Waals surface area contributed by atoms with Crippen molar-refractivity contribution < 1.29 is 4.79 Å². The lowest BCUT2D eigenvalue weighted by Crippen LogP contribution is -2.27. The normalized spacial score (nSPS) is 10.3. The lowest BCUT2D eigenvalue weighted by Gasteiger charge is -2.17. The van der Waals surface area contributed by atoms with Crippen molar-refractivity contribution in [2.75, 3.05) is 7.05 Å². The third-order valence-electron chi connectivity index (χ3n) is 2.82. The minimum absolute atomic E-state index is 0.0816. The molecule has 0 aliphatic heterocycles. The van der Waals surface area contributed by atoms with Crippen LogP contribution in [0.25, 0.3) is 0 Å². The Bertz CT molecular complexity index is 581. The van der Waals surface area contributed by atoms with Crippen LogP contribution in [0.1, 0.15) is 21.6 Å². The number of rotatable bonds is 3. The summed E-state index contributed by atoms with van der Waals surface area (Å²) in [6, 6.07) is 13.5. The minimum atomic E-state index is -0.0816. The quantitative estimate of drug-likeness (QED) is 0.812. The minimum Gasteiger partial charge on any atom is -0.336 e. The van der Waals surface area contributed by atoms with Crippen molar-refractivity contribution in [2.45, 2.75) is 13.5 Å². The van der Waals surface area contributed by atoms with E-state index in [2.05, 4.69) is 20.9 Å². The lowest BCUT2D eigenvalue weighted by atomic mass is 10.1. The largest absolute Gasteiger partial charge is 0.336 e. The first-order valence-corrected chi connectivity index (χ1v) is 6.79. The molecular formula is C15H15BrN2O. The number of nitrogens with zero attached hydrogens (tertiary/aromatic N) is 2. The van der Waals surface area contributed by atoms with Gasteiger partial charge >= 0.3 is 0 Å². The molecule has 4 heteroatoms. The Hall–Kier alpha value is -1.68. The predicted molar refractivity (Wildman–Crippen MR) is 78.9 cm³/mol. The first-order valence-electron chi connectivity index (χ1n) is 6.00. The van der Waals surface area contributed by atoms with E-state index in [4.69, 9.17) is 0 Å². The number of aryl methyl sites for hydroxylation is 1. The molecular weight excluding hydrogens is 304 g/mol. The summed E-state index contributed by atoms with van der Waals surface area (Å²) in [6.45, 7) is 2.62. The summed E-state index contributed by atoms with van der Waals surface area (Å²) in [4.78, 5) is 18.1. The van der Waals surface area contributed by atoms with Gasteiger partial charge in [0.2, 0.25) is 0 Å².